The Hall–Kier alpha value is -0.830. The Kier molecular flexibility index (Phi) is 10.7. The van der Waals surface area contributed by atoms with Crippen LogP contribution in [0.3, 0.4) is 0 Å². The Labute approximate surface area is 68.1 Å². The third-order valence-electron chi connectivity index (χ3n) is 1.08. The molecule has 0 unspecified atom stereocenters. The fourth-order valence-corrected chi connectivity index (χ4v) is 0.151. The van der Waals surface area contributed by atoms with Crippen molar-refractivity contribution in [3.63, 3.8) is 0 Å². The third-order valence-corrected chi connectivity index (χ3v) is 1.08. The van der Waals surface area contributed by atoms with Gasteiger partial charge in [0.25, 0.3) is 0 Å². The molecule has 0 rings (SSSR count). The van der Waals surface area contributed by atoms with Crippen LogP contribution < -0.4 is 5.32 Å². The minimum Gasteiger partial charge on any atom is -0.478 e. The molecule has 0 aliphatic heterocycles. The molecule has 0 amide bonds. The minimum absolute atomic E-state index is 0.264. The van der Waals surface area contributed by atoms with E-state index in [-0.39, 0.29) is 5.57 Å². The third kappa shape index (κ3) is 12.4. The fraction of sp³-hybridized carbons (Fsp3) is 0.625. The quantitative estimate of drug-likeness (QED) is 0.609. The first-order chi connectivity index (χ1) is 5.09. The van der Waals surface area contributed by atoms with Crippen LogP contribution in [0.15, 0.2) is 12.2 Å². The monoisotopic (exact) mass is 159 g/mol. The molecular formula is C8H17NO2. The van der Waals surface area contributed by atoms with Gasteiger partial charge in [-0.05, 0) is 20.0 Å². The second kappa shape index (κ2) is 9.17. The van der Waals surface area contributed by atoms with E-state index in [0.717, 1.165) is 6.54 Å². The van der Waals surface area contributed by atoms with Crippen molar-refractivity contribution in [2.24, 2.45) is 0 Å². The smallest absolute Gasteiger partial charge is 0.330 e. The highest BCUT2D eigenvalue weighted by molar-refractivity contribution is 5.85. The average Bonchev–Trinajstić information content (AvgIpc) is 2.03. The van der Waals surface area contributed by atoms with E-state index in [1.165, 1.54) is 0 Å². The average molecular weight is 159 g/mol. The molecule has 0 aliphatic rings. The van der Waals surface area contributed by atoms with Crippen molar-refractivity contribution >= 4 is 5.97 Å². The second-order valence-corrected chi connectivity index (χ2v) is 1.97. The highest BCUT2D eigenvalue weighted by atomic mass is 16.4. The van der Waals surface area contributed by atoms with Crippen molar-refractivity contribution in [1.29, 1.82) is 0 Å². The predicted molar refractivity (Wildman–Crippen MR) is 46.7 cm³/mol. The van der Waals surface area contributed by atoms with E-state index in [9.17, 15) is 4.79 Å². The zero-order chi connectivity index (χ0) is 9.28. The van der Waals surface area contributed by atoms with Gasteiger partial charge in [0.05, 0.1) is 0 Å². The molecule has 0 saturated heterocycles. The van der Waals surface area contributed by atoms with Gasteiger partial charge < -0.3 is 10.4 Å². The largest absolute Gasteiger partial charge is 0.478 e. The molecule has 0 spiro atoms. The van der Waals surface area contributed by atoms with Gasteiger partial charge in [0.1, 0.15) is 0 Å². The number of carboxylic acids is 1. The Bertz CT molecular complexity index is 119. The lowest BCUT2D eigenvalue weighted by Crippen LogP contribution is -2.01. The van der Waals surface area contributed by atoms with Gasteiger partial charge in [-0.25, -0.2) is 4.79 Å². The van der Waals surface area contributed by atoms with Gasteiger partial charge in [-0.15, -0.1) is 0 Å². The number of rotatable bonds is 3. The van der Waals surface area contributed by atoms with Crippen molar-refractivity contribution in [2.45, 2.75) is 20.3 Å². The molecule has 0 fully saturated rings. The summed E-state index contributed by atoms with van der Waals surface area (Å²) in [6, 6.07) is 0. The number of aliphatic carboxylic acids is 1. The predicted octanol–water partition coefficient (Wildman–Crippen LogP) is 1.26. The van der Waals surface area contributed by atoms with Crippen molar-refractivity contribution in [3.8, 4) is 0 Å². The van der Waals surface area contributed by atoms with Crippen LogP contribution >= 0.6 is 0 Å². The van der Waals surface area contributed by atoms with Crippen LogP contribution in [-0.2, 0) is 4.79 Å². The minimum atomic E-state index is -0.900. The molecule has 11 heavy (non-hydrogen) atoms. The SMILES string of the molecule is C=C(CC)C(=O)O.CCNC. The van der Waals surface area contributed by atoms with E-state index in [1.807, 2.05) is 7.05 Å². The standard InChI is InChI=1S/C5H8O2.C3H9N/c1-3-4(2)5(6)7;1-3-4-2/h2-3H2,1H3,(H,6,7);4H,3H2,1-2H3. The van der Waals surface area contributed by atoms with Gasteiger partial charge in [-0.3, -0.25) is 0 Å². The summed E-state index contributed by atoms with van der Waals surface area (Å²) in [6.07, 6.45) is 0.523. The van der Waals surface area contributed by atoms with Crippen LogP contribution in [0.25, 0.3) is 0 Å². The van der Waals surface area contributed by atoms with Crippen LogP contribution in [0.5, 0.6) is 0 Å². The molecule has 2 N–H and O–H groups in total. The molecule has 0 atom stereocenters. The summed E-state index contributed by atoms with van der Waals surface area (Å²) in [5.74, 6) is -0.900. The summed E-state index contributed by atoms with van der Waals surface area (Å²) >= 11 is 0. The molecule has 0 saturated carbocycles. The number of hydrogen-bond acceptors (Lipinski definition) is 2. The molecule has 0 bridgehead atoms. The van der Waals surface area contributed by atoms with E-state index in [2.05, 4.69) is 18.8 Å². The van der Waals surface area contributed by atoms with Crippen LogP contribution in [-0.4, -0.2) is 24.7 Å². The normalized spacial score (nSPS) is 7.91. The first-order valence-corrected chi connectivity index (χ1v) is 3.65. The maximum Gasteiger partial charge on any atom is 0.330 e. The summed E-state index contributed by atoms with van der Waals surface area (Å²) in [7, 11) is 1.93. The molecule has 0 heterocycles. The molecule has 0 aromatic heterocycles. The maximum atomic E-state index is 9.83. The zero-order valence-corrected chi connectivity index (χ0v) is 7.48. The summed E-state index contributed by atoms with van der Waals surface area (Å²) in [5.41, 5.74) is 0.264. The lowest BCUT2D eigenvalue weighted by Gasteiger charge is -1.87. The van der Waals surface area contributed by atoms with Crippen LogP contribution in [0, 0.1) is 0 Å². The fourth-order valence-electron chi connectivity index (χ4n) is 0.151. The van der Waals surface area contributed by atoms with Gasteiger partial charge in [0.2, 0.25) is 0 Å². The molecule has 0 aromatic rings. The van der Waals surface area contributed by atoms with E-state index in [0.29, 0.717) is 6.42 Å². The topological polar surface area (TPSA) is 49.3 Å². The van der Waals surface area contributed by atoms with Crippen molar-refractivity contribution < 1.29 is 9.90 Å². The van der Waals surface area contributed by atoms with Gasteiger partial charge in [-0.1, -0.05) is 20.4 Å². The molecular weight excluding hydrogens is 142 g/mol. The van der Waals surface area contributed by atoms with E-state index >= 15 is 0 Å². The maximum absolute atomic E-state index is 9.83. The van der Waals surface area contributed by atoms with Crippen LogP contribution in [0.4, 0.5) is 0 Å². The van der Waals surface area contributed by atoms with Crippen molar-refractivity contribution in [3.05, 3.63) is 12.2 Å². The zero-order valence-electron chi connectivity index (χ0n) is 7.48. The van der Waals surface area contributed by atoms with E-state index < -0.39 is 5.97 Å². The molecule has 66 valence electrons. The highest BCUT2D eigenvalue weighted by Crippen LogP contribution is 1.93. The number of carbonyl (C=O) groups is 1. The first-order valence-electron chi connectivity index (χ1n) is 3.65. The lowest BCUT2D eigenvalue weighted by molar-refractivity contribution is -0.132. The summed E-state index contributed by atoms with van der Waals surface area (Å²) in [5, 5.41) is 11.0. The molecule has 0 aliphatic carbocycles. The summed E-state index contributed by atoms with van der Waals surface area (Å²) in [4.78, 5) is 9.83. The van der Waals surface area contributed by atoms with Crippen LogP contribution in [0.1, 0.15) is 20.3 Å². The summed E-state index contributed by atoms with van der Waals surface area (Å²) < 4.78 is 0. The molecule has 0 aromatic carbocycles. The van der Waals surface area contributed by atoms with Crippen LogP contribution in [0.2, 0.25) is 0 Å². The molecule has 3 heteroatoms. The van der Waals surface area contributed by atoms with E-state index in [1.54, 1.807) is 6.92 Å². The molecule has 3 nitrogen and oxygen atoms in total. The summed E-state index contributed by atoms with van der Waals surface area (Å²) in [6.45, 7) is 8.17. The Morgan fingerprint density at radius 1 is 1.55 bits per heavy atom. The van der Waals surface area contributed by atoms with E-state index in [4.69, 9.17) is 5.11 Å². The van der Waals surface area contributed by atoms with Gasteiger partial charge in [0.15, 0.2) is 0 Å². The Morgan fingerprint density at radius 2 is 1.91 bits per heavy atom. The van der Waals surface area contributed by atoms with Gasteiger partial charge in [0, 0.05) is 5.57 Å². The number of carboxylic acid groups (broad SMARTS) is 1. The Balaban J connectivity index is 0. The first kappa shape index (κ1) is 12.8. The lowest BCUT2D eigenvalue weighted by atomic mass is 10.2. The van der Waals surface area contributed by atoms with Crippen molar-refractivity contribution in [1.82, 2.24) is 5.32 Å². The van der Waals surface area contributed by atoms with Gasteiger partial charge >= 0.3 is 5.97 Å². The number of nitrogens with one attached hydrogen (secondary N) is 1. The Morgan fingerprint density at radius 3 is 1.91 bits per heavy atom. The molecule has 0 radical (unpaired) electrons. The van der Waals surface area contributed by atoms with Gasteiger partial charge in [-0.2, -0.15) is 0 Å². The highest BCUT2D eigenvalue weighted by Gasteiger charge is 1.96. The second-order valence-electron chi connectivity index (χ2n) is 1.97. The van der Waals surface area contributed by atoms with Crippen molar-refractivity contribution in [2.75, 3.05) is 13.6 Å². The number of hydrogen-bond donors (Lipinski definition) is 2.